The third kappa shape index (κ3) is 8.76. The molecule has 3 atom stereocenters. The van der Waals surface area contributed by atoms with Gasteiger partial charge in [-0.05, 0) is 43.0 Å². The molecule has 1 rings (SSSR count). The van der Waals surface area contributed by atoms with E-state index >= 15 is 0 Å². The fourth-order valence-electron chi connectivity index (χ4n) is 4.44. The number of nitrogens with one attached hydrogen (secondary N) is 2. The number of likely N-dealkylation sites (N-methyl/N-ethyl adjacent to an activating group) is 2. The van der Waals surface area contributed by atoms with Crippen LogP contribution in [-0.4, -0.2) is 72.4 Å². The van der Waals surface area contributed by atoms with Crippen LogP contribution in [0.2, 0.25) is 0 Å². The molecule has 0 aliphatic heterocycles. The summed E-state index contributed by atoms with van der Waals surface area (Å²) in [7, 11) is 3.38. The Labute approximate surface area is 234 Å². The van der Waals surface area contributed by atoms with Gasteiger partial charge >= 0.3 is 5.97 Å². The standard InChI is InChI=1S/C29H47N3O5S/c1-18(2)22(16-19(3)27(35)36)32(10)26(34)24(28(4,5)6)31-25(33)23(30-9)29(7,8)20-12-11-13-21(17-20)37-14-15-38/h11-13,16-18,22-24,30,38H,14-15H2,1-10H3,(H,31,33)(H,35,36)/b19-16+/t22-,23-,24-/m1/s1. The zero-order valence-electron chi connectivity index (χ0n) is 24.6. The first-order valence-corrected chi connectivity index (χ1v) is 13.6. The van der Waals surface area contributed by atoms with E-state index in [9.17, 15) is 19.5 Å². The van der Waals surface area contributed by atoms with E-state index in [-0.39, 0.29) is 23.3 Å². The number of carboxylic acid groups (broad SMARTS) is 1. The third-order valence-corrected chi connectivity index (χ3v) is 7.03. The van der Waals surface area contributed by atoms with Crippen molar-refractivity contribution in [3.63, 3.8) is 0 Å². The van der Waals surface area contributed by atoms with Crippen LogP contribution in [0.4, 0.5) is 0 Å². The number of amides is 2. The average molecular weight is 550 g/mol. The zero-order chi connectivity index (χ0) is 29.4. The van der Waals surface area contributed by atoms with E-state index < -0.39 is 34.9 Å². The summed E-state index contributed by atoms with van der Waals surface area (Å²) in [5, 5.41) is 15.5. The van der Waals surface area contributed by atoms with Crippen LogP contribution < -0.4 is 15.4 Å². The first-order chi connectivity index (χ1) is 17.5. The number of thiol groups is 1. The molecule has 0 fully saturated rings. The number of carbonyl (C=O) groups excluding carboxylic acids is 2. The first kappa shape index (κ1) is 33.5. The molecule has 0 heterocycles. The normalized spacial score (nSPS) is 15.0. The van der Waals surface area contributed by atoms with Crippen molar-refractivity contribution in [2.75, 3.05) is 26.5 Å². The molecule has 1 aromatic rings. The summed E-state index contributed by atoms with van der Waals surface area (Å²) in [6.07, 6.45) is 1.59. The Kier molecular flexibility index (Phi) is 12.4. The predicted octanol–water partition coefficient (Wildman–Crippen LogP) is 3.91. The van der Waals surface area contributed by atoms with Crippen LogP contribution >= 0.6 is 12.6 Å². The topological polar surface area (TPSA) is 108 Å². The Morgan fingerprint density at radius 3 is 2.21 bits per heavy atom. The summed E-state index contributed by atoms with van der Waals surface area (Å²) in [5.41, 5.74) is -0.166. The quantitative estimate of drug-likeness (QED) is 0.220. The maximum atomic E-state index is 13.8. The van der Waals surface area contributed by atoms with Crippen LogP contribution in [0.1, 0.15) is 61.0 Å². The van der Waals surface area contributed by atoms with Crippen LogP contribution in [0.15, 0.2) is 35.9 Å². The molecule has 0 spiro atoms. The van der Waals surface area contributed by atoms with Crippen molar-refractivity contribution < 1.29 is 24.2 Å². The van der Waals surface area contributed by atoms with Gasteiger partial charge < -0.3 is 25.4 Å². The van der Waals surface area contributed by atoms with Crippen molar-refractivity contribution in [1.29, 1.82) is 0 Å². The van der Waals surface area contributed by atoms with E-state index in [2.05, 4.69) is 23.3 Å². The Hall–Kier alpha value is -2.52. The van der Waals surface area contributed by atoms with E-state index in [1.807, 2.05) is 72.7 Å². The molecule has 8 nitrogen and oxygen atoms in total. The van der Waals surface area contributed by atoms with Crippen molar-refractivity contribution >= 4 is 30.4 Å². The van der Waals surface area contributed by atoms with Crippen LogP contribution in [0.5, 0.6) is 5.75 Å². The van der Waals surface area contributed by atoms with Gasteiger partial charge in [-0.2, -0.15) is 12.6 Å². The highest BCUT2D eigenvalue weighted by molar-refractivity contribution is 7.80. The minimum Gasteiger partial charge on any atom is -0.493 e. The van der Waals surface area contributed by atoms with Crippen molar-refractivity contribution in [1.82, 2.24) is 15.5 Å². The summed E-state index contributed by atoms with van der Waals surface area (Å²) in [6, 6.07) is 5.70. The molecule has 9 heteroatoms. The fourth-order valence-corrected chi connectivity index (χ4v) is 4.53. The molecule has 3 N–H and O–H groups in total. The van der Waals surface area contributed by atoms with Crippen LogP contribution in [0.3, 0.4) is 0 Å². The minimum absolute atomic E-state index is 0.0318. The molecule has 0 saturated heterocycles. The second-order valence-corrected chi connectivity index (χ2v) is 12.1. The molecule has 2 amide bonds. The average Bonchev–Trinajstić information content (AvgIpc) is 2.82. The molecule has 0 unspecified atom stereocenters. The number of hydrogen-bond donors (Lipinski definition) is 4. The maximum absolute atomic E-state index is 13.8. The number of nitrogens with zero attached hydrogens (tertiary/aromatic N) is 1. The maximum Gasteiger partial charge on any atom is 0.331 e. The fraction of sp³-hybridized carbons (Fsp3) is 0.621. The lowest BCUT2D eigenvalue weighted by Crippen LogP contribution is -2.61. The lowest BCUT2D eigenvalue weighted by Gasteiger charge is -2.40. The number of hydrogen-bond acceptors (Lipinski definition) is 6. The Balaban J connectivity index is 3.32. The van der Waals surface area contributed by atoms with E-state index in [0.717, 1.165) is 5.56 Å². The van der Waals surface area contributed by atoms with Gasteiger partial charge in [0, 0.05) is 23.8 Å². The summed E-state index contributed by atoms with van der Waals surface area (Å²) in [6.45, 7) is 15.5. The lowest BCUT2D eigenvalue weighted by molar-refractivity contribution is -0.141. The van der Waals surface area contributed by atoms with Crippen LogP contribution in [0, 0.1) is 11.3 Å². The van der Waals surface area contributed by atoms with Gasteiger partial charge in [-0.25, -0.2) is 4.79 Å². The number of carboxylic acids is 1. The van der Waals surface area contributed by atoms with Gasteiger partial charge in [-0.1, -0.05) is 66.7 Å². The number of carbonyl (C=O) groups is 3. The van der Waals surface area contributed by atoms with Gasteiger partial charge in [0.2, 0.25) is 11.8 Å². The molecule has 0 bridgehead atoms. The van der Waals surface area contributed by atoms with E-state index in [1.54, 1.807) is 20.2 Å². The molecular weight excluding hydrogens is 502 g/mol. The second kappa shape index (κ2) is 14.0. The molecular formula is C29H47N3O5S. The number of ether oxygens (including phenoxy) is 1. The molecule has 0 aromatic heterocycles. The highest BCUT2D eigenvalue weighted by Crippen LogP contribution is 2.31. The molecule has 214 valence electrons. The molecule has 0 aliphatic carbocycles. The Bertz CT molecular complexity index is 1000. The largest absolute Gasteiger partial charge is 0.493 e. The smallest absolute Gasteiger partial charge is 0.331 e. The van der Waals surface area contributed by atoms with Gasteiger partial charge in [0.15, 0.2) is 0 Å². The van der Waals surface area contributed by atoms with Crippen molar-refractivity contribution in [2.24, 2.45) is 11.3 Å². The highest BCUT2D eigenvalue weighted by Gasteiger charge is 2.41. The number of rotatable bonds is 13. The third-order valence-electron chi connectivity index (χ3n) is 6.85. The zero-order valence-corrected chi connectivity index (χ0v) is 25.5. The molecule has 38 heavy (non-hydrogen) atoms. The van der Waals surface area contributed by atoms with Gasteiger partial charge in [0.1, 0.15) is 11.8 Å². The molecule has 0 radical (unpaired) electrons. The molecule has 1 aromatic carbocycles. The second-order valence-electron chi connectivity index (χ2n) is 11.7. The van der Waals surface area contributed by atoms with E-state index in [4.69, 9.17) is 4.74 Å². The molecule has 0 aliphatic rings. The highest BCUT2D eigenvalue weighted by atomic mass is 32.1. The summed E-state index contributed by atoms with van der Waals surface area (Å²) in [5.74, 6) is -0.358. The van der Waals surface area contributed by atoms with Gasteiger partial charge in [-0.15, -0.1) is 0 Å². The monoisotopic (exact) mass is 549 g/mol. The summed E-state index contributed by atoms with van der Waals surface area (Å²) in [4.78, 5) is 40.5. The number of benzene rings is 1. The Morgan fingerprint density at radius 1 is 1.13 bits per heavy atom. The number of aliphatic carboxylic acids is 1. The predicted molar refractivity (Wildman–Crippen MR) is 156 cm³/mol. The minimum atomic E-state index is -1.03. The van der Waals surface area contributed by atoms with Gasteiger partial charge in [0.05, 0.1) is 18.7 Å². The van der Waals surface area contributed by atoms with Crippen molar-refractivity contribution in [3.05, 3.63) is 41.5 Å². The summed E-state index contributed by atoms with van der Waals surface area (Å²) < 4.78 is 5.73. The van der Waals surface area contributed by atoms with Crippen LogP contribution in [-0.2, 0) is 19.8 Å². The first-order valence-electron chi connectivity index (χ1n) is 13.0. The Morgan fingerprint density at radius 2 is 1.74 bits per heavy atom. The summed E-state index contributed by atoms with van der Waals surface area (Å²) >= 11 is 4.19. The van der Waals surface area contributed by atoms with E-state index in [1.165, 1.54) is 11.8 Å². The molecule has 0 saturated carbocycles. The van der Waals surface area contributed by atoms with Gasteiger partial charge in [-0.3, -0.25) is 9.59 Å². The SMILES string of the molecule is CN[C@H](C(=O)N[C@H](C(=O)N(C)[C@H](/C=C(\C)C(=O)O)C(C)C)C(C)(C)C)C(C)(C)c1cccc(OCCS)c1. The van der Waals surface area contributed by atoms with Crippen molar-refractivity contribution in [2.45, 2.75) is 78.9 Å². The van der Waals surface area contributed by atoms with Crippen LogP contribution in [0.25, 0.3) is 0 Å². The van der Waals surface area contributed by atoms with Crippen molar-refractivity contribution in [3.8, 4) is 5.75 Å². The van der Waals surface area contributed by atoms with E-state index in [0.29, 0.717) is 18.1 Å². The van der Waals surface area contributed by atoms with Gasteiger partial charge in [0.25, 0.3) is 0 Å². The lowest BCUT2D eigenvalue weighted by atomic mass is 9.76.